The fourth-order valence-electron chi connectivity index (χ4n) is 2.18. The quantitative estimate of drug-likeness (QED) is 0.689. The number of aromatic nitrogens is 2. The van der Waals surface area contributed by atoms with Crippen molar-refractivity contribution in [3.63, 3.8) is 0 Å². The van der Waals surface area contributed by atoms with Gasteiger partial charge >= 0.3 is 5.97 Å². The van der Waals surface area contributed by atoms with Crippen LogP contribution in [0, 0.1) is 6.92 Å². The Balaban J connectivity index is 2.12. The zero-order chi connectivity index (χ0) is 14.8. The number of carbonyl (C=O) groups is 1. The summed E-state index contributed by atoms with van der Waals surface area (Å²) < 4.78 is 5.04. The highest BCUT2D eigenvalue weighted by Gasteiger charge is 2.18. The molecular weight excluding hydrogens is 284 g/mol. The zero-order valence-corrected chi connectivity index (χ0v) is 12.6. The molecule has 3 aromatic rings. The third-order valence-corrected chi connectivity index (χ3v) is 4.15. The molecule has 0 radical (unpaired) electrons. The van der Waals surface area contributed by atoms with E-state index in [4.69, 9.17) is 4.74 Å². The van der Waals surface area contributed by atoms with E-state index >= 15 is 0 Å². The number of fused-ring (bicyclic) bond motifs is 1. The Morgan fingerprint density at radius 3 is 2.90 bits per heavy atom. The Bertz CT molecular complexity index is 806. The number of pyridine rings is 1. The number of hydrogen-bond acceptors (Lipinski definition) is 5. The second-order valence-electron chi connectivity index (χ2n) is 4.52. The van der Waals surface area contributed by atoms with Crippen molar-refractivity contribution in [3.8, 4) is 10.6 Å². The summed E-state index contributed by atoms with van der Waals surface area (Å²) in [5.74, 6) is -0.365. The highest BCUT2D eigenvalue weighted by Crippen LogP contribution is 2.32. The number of benzene rings is 1. The van der Waals surface area contributed by atoms with Crippen molar-refractivity contribution in [2.45, 2.75) is 13.8 Å². The van der Waals surface area contributed by atoms with Crippen molar-refractivity contribution >= 4 is 28.2 Å². The Kier molecular flexibility index (Phi) is 3.66. The number of nitrogens with zero attached hydrogens (tertiary/aromatic N) is 2. The second kappa shape index (κ2) is 5.61. The number of hydrogen-bond donors (Lipinski definition) is 0. The molecule has 0 spiro atoms. The summed E-state index contributed by atoms with van der Waals surface area (Å²) in [5.41, 5.74) is 2.31. The summed E-state index contributed by atoms with van der Waals surface area (Å²) in [6, 6.07) is 9.83. The van der Waals surface area contributed by atoms with Gasteiger partial charge in [0.05, 0.1) is 12.1 Å². The first-order valence-corrected chi connectivity index (χ1v) is 7.51. The Hall–Kier alpha value is -2.27. The van der Waals surface area contributed by atoms with Gasteiger partial charge in [0.1, 0.15) is 5.01 Å². The van der Waals surface area contributed by atoms with Crippen molar-refractivity contribution in [2.24, 2.45) is 0 Å². The van der Waals surface area contributed by atoms with Crippen LogP contribution in [-0.4, -0.2) is 22.5 Å². The van der Waals surface area contributed by atoms with Crippen molar-refractivity contribution in [1.82, 2.24) is 9.97 Å². The van der Waals surface area contributed by atoms with Crippen LogP contribution >= 0.6 is 11.3 Å². The summed E-state index contributed by atoms with van der Waals surface area (Å²) in [6.07, 6.45) is 1.76. The van der Waals surface area contributed by atoms with Gasteiger partial charge in [-0.3, -0.25) is 4.98 Å². The first kappa shape index (κ1) is 13.7. The lowest BCUT2D eigenvalue weighted by Crippen LogP contribution is -2.06. The van der Waals surface area contributed by atoms with Crippen LogP contribution in [0.15, 0.2) is 36.5 Å². The molecule has 0 atom stereocenters. The van der Waals surface area contributed by atoms with Crippen LogP contribution in [0.3, 0.4) is 0 Å². The molecule has 0 fully saturated rings. The van der Waals surface area contributed by atoms with Gasteiger partial charge in [0.15, 0.2) is 5.69 Å². The van der Waals surface area contributed by atoms with Gasteiger partial charge in [-0.1, -0.05) is 18.2 Å². The number of esters is 1. The van der Waals surface area contributed by atoms with E-state index in [0.717, 1.165) is 26.4 Å². The third-order valence-electron chi connectivity index (χ3n) is 3.14. The molecule has 0 saturated carbocycles. The molecule has 0 saturated heterocycles. The molecule has 4 nitrogen and oxygen atoms in total. The molecule has 2 aromatic heterocycles. The molecule has 106 valence electrons. The minimum Gasteiger partial charge on any atom is -0.461 e. The van der Waals surface area contributed by atoms with Crippen LogP contribution < -0.4 is 0 Å². The van der Waals surface area contributed by atoms with Gasteiger partial charge in [-0.2, -0.15) is 0 Å². The van der Waals surface area contributed by atoms with E-state index in [1.807, 2.05) is 37.3 Å². The lowest BCUT2D eigenvalue weighted by Gasteiger charge is -2.02. The molecular formula is C16H14N2O2S. The van der Waals surface area contributed by atoms with E-state index in [0.29, 0.717) is 12.3 Å². The summed E-state index contributed by atoms with van der Waals surface area (Å²) >= 11 is 1.50. The molecule has 2 heterocycles. The predicted octanol–water partition coefficient (Wildman–Crippen LogP) is 3.84. The predicted molar refractivity (Wildman–Crippen MR) is 83.5 cm³/mol. The van der Waals surface area contributed by atoms with Crippen molar-refractivity contribution in [1.29, 1.82) is 0 Å². The summed E-state index contributed by atoms with van der Waals surface area (Å²) in [7, 11) is 0. The van der Waals surface area contributed by atoms with Crippen LogP contribution in [0.5, 0.6) is 0 Å². The maximum absolute atomic E-state index is 11.9. The topological polar surface area (TPSA) is 52.1 Å². The van der Waals surface area contributed by atoms with E-state index in [1.54, 1.807) is 13.1 Å². The first-order chi connectivity index (χ1) is 10.2. The van der Waals surface area contributed by atoms with Gasteiger partial charge in [-0.15, -0.1) is 11.3 Å². The lowest BCUT2D eigenvalue weighted by atomic mass is 10.1. The highest BCUT2D eigenvalue weighted by atomic mass is 32.1. The standard InChI is InChI=1S/C16H14N2O2S/c1-3-20-16(19)14-10(2)21-15(18-14)12-8-9-17-13-7-5-4-6-11(12)13/h4-9H,3H2,1-2H3. The largest absolute Gasteiger partial charge is 0.461 e. The van der Waals surface area contributed by atoms with E-state index in [1.165, 1.54) is 11.3 Å². The number of thiazole rings is 1. The average molecular weight is 298 g/mol. The molecule has 21 heavy (non-hydrogen) atoms. The van der Waals surface area contributed by atoms with Gasteiger partial charge in [0.25, 0.3) is 0 Å². The van der Waals surface area contributed by atoms with Crippen molar-refractivity contribution in [3.05, 3.63) is 47.1 Å². The Labute approximate surface area is 126 Å². The van der Waals surface area contributed by atoms with Crippen LogP contribution in [0.2, 0.25) is 0 Å². The number of ether oxygens (including phenoxy) is 1. The van der Waals surface area contributed by atoms with Gasteiger partial charge in [-0.05, 0) is 26.0 Å². The minimum atomic E-state index is -0.365. The Morgan fingerprint density at radius 1 is 1.29 bits per heavy atom. The van der Waals surface area contributed by atoms with E-state index in [2.05, 4.69) is 9.97 Å². The molecule has 0 aliphatic rings. The van der Waals surface area contributed by atoms with Gasteiger partial charge in [-0.25, -0.2) is 9.78 Å². The number of aryl methyl sites for hydroxylation is 1. The van der Waals surface area contributed by atoms with Crippen LogP contribution in [0.1, 0.15) is 22.3 Å². The van der Waals surface area contributed by atoms with Crippen LogP contribution in [0.25, 0.3) is 21.5 Å². The van der Waals surface area contributed by atoms with Crippen LogP contribution in [-0.2, 0) is 4.74 Å². The first-order valence-electron chi connectivity index (χ1n) is 6.69. The molecule has 3 rings (SSSR count). The molecule has 0 bridgehead atoms. The molecule has 0 amide bonds. The van der Waals surface area contributed by atoms with E-state index < -0.39 is 0 Å². The summed E-state index contributed by atoms with van der Waals surface area (Å²) in [5, 5.41) is 1.85. The maximum Gasteiger partial charge on any atom is 0.358 e. The molecule has 5 heteroatoms. The van der Waals surface area contributed by atoms with Crippen molar-refractivity contribution < 1.29 is 9.53 Å². The highest BCUT2D eigenvalue weighted by molar-refractivity contribution is 7.15. The van der Waals surface area contributed by atoms with E-state index in [-0.39, 0.29) is 5.97 Å². The number of rotatable bonds is 3. The van der Waals surface area contributed by atoms with Crippen LogP contribution in [0.4, 0.5) is 0 Å². The fourth-order valence-corrected chi connectivity index (χ4v) is 3.12. The zero-order valence-electron chi connectivity index (χ0n) is 11.8. The molecule has 0 unspecified atom stereocenters. The smallest absolute Gasteiger partial charge is 0.358 e. The summed E-state index contributed by atoms with van der Waals surface area (Å²) in [6.45, 7) is 4.02. The second-order valence-corrected chi connectivity index (χ2v) is 5.72. The molecule has 0 N–H and O–H groups in total. The van der Waals surface area contributed by atoms with Gasteiger partial charge < -0.3 is 4.74 Å². The van der Waals surface area contributed by atoms with Crippen molar-refractivity contribution in [2.75, 3.05) is 6.61 Å². The SMILES string of the molecule is CCOC(=O)c1nc(-c2ccnc3ccccc23)sc1C. The third kappa shape index (κ3) is 2.52. The summed E-state index contributed by atoms with van der Waals surface area (Å²) in [4.78, 5) is 21.6. The monoisotopic (exact) mass is 298 g/mol. The molecule has 0 aliphatic carbocycles. The van der Waals surface area contributed by atoms with Gasteiger partial charge in [0.2, 0.25) is 0 Å². The lowest BCUT2D eigenvalue weighted by molar-refractivity contribution is 0.0519. The number of para-hydroxylation sites is 1. The molecule has 1 aromatic carbocycles. The van der Waals surface area contributed by atoms with Gasteiger partial charge in [0, 0.05) is 22.0 Å². The average Bonchev–Trinajstić information content (AvgIpc) is 2.89. The maximum atomic E-state index is 11.9. The van der Waals surface area contributed by atoms with E-state index in [9.17, 15) is 4.79 Å². The number of carbonyl (C=O) groups excluding carboxylic acids is 1. The fraction of sp³-hybridized carbons (Fsp3) is 0.188. The Morgan fingerprint density at radius 2 is 2.10 bits per heavy atom. The normalized spacial score (nSPS) is 10.8. The minimum absolute atomic E-state index is 0.351. The molecule has 0 aliphatic heterocycles.